The van der Waals surface area contributed by atoms with Gasteiger partial charge in [0.2, 0.25) is 0 Å². The predicted molar refractivity (Wildman–Crippen MR) is 67.5 cm³/mol. The van der Waals surface area contributed by atoms with E-state index in [4.69, 9.17) is 0 Å². The lowest BCUT2D eigenvalue weighted by Crippen LogP contribution is -2.17. The molecule has 0 aliphatic carbocycles. The number of thiophene rings is 1. The van der Waals surface area contributed by atoms with Gasteiger partial charge in [-0.25, -0.2) is 5.43 Å². The summed E-state index contributed by atoms with van der Waals surface area (Å²) in [6.45, 7) is 0. The maximum atomic E-state index is 11.6. The fraction of sp³-hybridized carbons (Fsp3) is 0. The Hall–Kier alpha value is -2.14. The van der Waals surface area contributed by atoms with Crippen molar-refractivity contribution in [1.29, 1.82) is 0 Å². The number of hydrogen-bond acceptors (Lipinski definition) is 4. The smallest absolute Gasteiger partial charge is 0.271 e. The molecular formula is C12H10N2O2S. The highest BCUT2D eigenvalue weighted by molar-refractivity contribution is 7.11. The molecule has 0 saturated carbocycles. The minimum Gasteiger partial charge on any atom is -0.508 e. The number of carbonyl (C=O) groups excluding carboxylic acids is 1. The molecule has 0 saturated heterocycles. The molecule has 1 aromatic carbocycles. The topological polar surface area (TPSA) is 61.7 Å². The summed E-state index contributed by atoms with van der Waals surface area (Å²) < 4.78 is 0. The van der Waals surface area contributed by atoms with Crippen LogP contribution in [0.1, 0.15) is 15.2 Å². The molecule has 5 heteroatoms. The van der Waals surface area contributed by atoms with Crippen LogP contribution in [0.2, 0.25) is 0 Å². The molecule has 0 unspecified atom stereocenters. The van der Waals surface area contributed by atoms with Gasteiger partial charge in [0.25, 0.3) is 5.91 Å². The molecule has 0 fully saturated rings. The van der Waals surface area contributed by atoms with Crippen LogP contribution < -0.4 is 5.43 Å². The zero-order valence-corrected chi connectivity index (χ0v) is 9.65. The molecule has 17 heavy (non-hydrogen) atoms. The number of phenolic OH excluding ortho intramolecular Hbond substituents is 1. The molecule has 0 atom stereocenters. The number of hydrogen-bond donors (Lipinski definition) is 2. The Morgan fingerprint density at radius 1 is 1.35 bits per heavy atom. The van der Waals surface area contributed by atoms with E-state index in [9.17, 15) is 9.90 Å². The average Bonchev–Trinajstić information content (AvgIpc) is 2.82. The summed E-state index contributed by atoms with van der Waals surface area (Å²) in [6, 6.07) is 9.91. The number of benzene rings is 1. The van der Waals surface area contributed by atoms with Gasteiger partial charge in [0.05, 0.1) is 6.21 Å². The van der Waals surface area contributed by atoms with Crippen molar-refractivity contribution in [3.8, 4) is 5.75 Å². The summed E-state index contributed by atoms with van der Waals surface area (Å²) in [4.78, 5) is 12.6. The van der Waals surface area contributed by atoms with E-state index in [1.54, 1.807) is 18.3 Å². The number of amides is 1. The Kier molecular flexibility index (Phi) is 3.52. The molecule has 0 aliphatic rings. The summed E-state index contributed by atoms with van der Waals surface area (Å²) in [5.74, 6) is -0.298. The second-order valence-electron chi connectivity index (χ2n) is 3.26. The summed E-state index contributed by atoms with van der Waals surface area (Å²) in [6.07, 6.45) is 1.57. The lowest BCUT2D eigenvalue weighted by molar-refractivity contribution is 0.0954. The van der Waals surface area contributed by atoms with Gasteiger partial charge in [0, 0.05) is 10.4 Å². The van der Waals surface area contributed by atoms with Crippen molar-refractivity contribution in [2.75, 3.05) is 0 Å². The number of hydrazone groups is 1. The van der Waals surface area contributed by atoms with Crippen molar-refractivity contribution in [1.82, 2.24) is 5.43 Å². The summed E-state index contributed by atoms with van der Waals surface area (Å²) >= 11 is 1.53. The largest absolute Gasteiger partial charge is 0.508 e. The Balaban J connectivity index is 1.98. The molecule has 86 valence electrons. The van der Waals surface area contributed by atoms with Crippen molar-refractivity contribution in [3.05, 3.63) is 52.2 Å². The van der Waals surface area contributed by atoms with Crippen LogP contribution in [0, 0.1) is 0 Å². The van der Waals surface area contributed by atoms with Crippen LogP contribution in [0.4, 0.5) is 0 Å². The fourth-order valence-corrected chi connectivity index (χ4v) is 1.82. The van der Waals surface area contributed by atoms with Crippen molar-refractivity contribution in [2.45, 2.75) is 0 Å². The van der Waals surface area contributed by atoms with Crippen molar-refractivity contribution < 1.29 is 9.90 Å². The van der Waals surface area contributed by atoms with Crippen LogP contribution in [0.3, 0.4) is 0 Å². The molecule has 2 N–H and O–H groups in total. The molecule has 0 radical (unpaired) electrons. The number of rotatable bonds is 3. The highest BCUT2D eigenvalue weighted by Crippen LogP contribution is 2.10. The van der Waals surface area contributed by atoms with Gasteiger partial charge in [-0.1, -0.05) is 12.1 Å². The van der Waals surface area contributed by atoms with E-state index in [1.807, 2.05) is 17.5 Å². The summed E-state index contributed by atoms with van der Waals surface area (Å²) in [5, 5.41) is 15.0. The molecule has 4 nitrogen and oxygen atoms in total. The number of nitrogens with zero attached hydrogens (tertiary/aromatic N) is 1. The minimum absolute atomic E-state index is 0.0555. The maximum absolute atomic E-state index is 11.6. The van der Waals surface area contributed by atoms with E-state index in [0.717, 1.165) is 4.88 Å². The highest BCUT2D eigenvalue weighted by atomic mass is 32.1. The molecule has 0 bridgehead atoms. The fourth-order valence-electron chi connectivity index (χ4n) is 1.23. The third-order valence-corrected chi connectivity index (χ3v) is 2.82. The Morgan fingerprint density at radius 2 is 2.24 bits per heavy atom. The van der Waals surface area contributed by atoms with Crippen LogP contribution in [0.25, 0.3) is 0 Å². The Bertz CT molecular complexity index is 535. The SMILES string of the molecule is O=C(NN=Cc1cccs1)c1cccc(O)c1. The van der Waals surface area contributed by atoms with E-state index in [0.29, 0.717) is 5.56 Å². The van der Waals surface area contributed by atoms with Crippen molar-refractivity contribution >= 4 is 23.5 Å². The van der Waals surface area contributed by atoms with Gasteiger partial charge in [0.15, 0.2) is 0 Å². The first kappa shape index (κ1) is 11.3. The molecule has 0 aliphatic heterocycles. The van der Waals surface area contributed by atoms with Crippen LogP contribution in [-0.4, -0.2) is 17.2 Å². The first-order valence-electron chi connectivity index (χ1n) is 4.91. The third-order valence-electron chi connectivity index (χ3n) is 2.01. The van der Waals surface area contributed by atoms with Gasteiger partial charge in [-0.2, -0.15) is 5.10 Å². The normalized spacial score (nSPS) is 10.6. The van der Waals surface area contributed by atoms with E-state index in [1.165, 1.54) is 23.5 Å². The first-order valence-corrected chi connectivity index (χ1v) is 5.79. The van der Waals surface area contributed by atoms with E-state index in [-0.39, 0.29) is 11.7 Å². The third kappa shape index (κ3) is 3.15. The minimum atomic E-state index is -0.353. The number of aromatic hydroxyl groups is 1. The van der Waals surface area contributed by atoms with E-state index < -0.39 is 0 Å². The van der Waals surface area contributed by atoms with Crippen molar-refractivity contribution in [2.24, 2.45) is 5.10 Å². The molecule has 1 heterocycles. The van der Waals surface area contributed by atoms with Gasteiger partial charge in [0.1, 0.15) is 5.75 Å². The maximum Gasteiger partial charge on any atom is 0.271 e. The summed E-state index contributed by atoms with van der Waals surface area (Å²) in [5.41, 5.74) is 2.76. The molecule has 2 rings (SSSR count). The zero-order valence-electron chi connectivity index (χ0n) is 8.83. The van der Waals surface area contributed by atoms with Gasteiger partial charge >= 0.3 is 0 Å². The van der Waals surface area contributed by atoms with Crippen LogP contribution >= 0.6 is 11.3 Å². The Labute approximate surface area is 102 Å². The quantitative estimate of drug-likeness (QED) is 0.644. The Morgan fingerprint density at radius 3 is 2.94 bits per heavy atom. The number of carbonyl (C=O) groups is 1. The van der Waals surface area contributed by atoms with Crippen molar-refractivity contribution in [3.63, 3.8) is 0 Å². The molecule has 0 spiro atoms. The second-order valence-corrected chi connectivity index (χ2v) is 4.24. The summed E-state index contributed by atoms with van der Waals surface area (Å²) in [7, 11) is 0. The number of phenols is 1. The van der Waals surface area contributed by atoms with E-state index in [2.05, 4.69) is 10.5 Å². The van der Waals surface area contributed by atoms with Gasteiger partial charge in [-0.05, 0) is 29.6 Å². The highest BCUT2D eigenvalue weighted by Gasteiger charge is 2.03. The van der Waals surface area contributed by atoms with Gasteiger partial charge in [-0.3, -0.25) is 4.79 Å². The van der Waals surface area contributed by atoms with E-state index >= 15 is 0 Å². The van der Waals surface area contributed by atoms with Gasteiger partial charge < -0.3 is 5.11 Å². The molecular weight excluding hydrogens is 236 g/mol. The predicted octanol–water partition coefficient (Wildman–Crippen LogP) is 2.22. The standard InChI is InChI=1S/C12H10N2O2S/c15-10-4-1-3-9(7-10)12(16)14-13-8-11-5-2-6-17-11/h1-8,15H,(H,14,16). The first-order chi connectivity index (χ1) is 8.25. The molecule has 2 aromatic rings. The number of nitrogens with one attached hydrogen (secondary N) is 1. The molecule has 1 amide bonds. The second kappa shape index (κ2) is 5.27. The average molecular weight is 246 g/mol. The molecule has 1 aromatic heterocycles. The van der Waals surface area contributed by atoms with Crippen LogP contribution in [0.15, 0.2) is 46.9 Å². The lowest BCUT2D eigenvalue weighted by atomic mass is 10.2. The monoisotopic (exact) mass is 246 g/mol. The van der Waals surface area contributed by atoms with Gasteiger partial charge in [-0.15, -0.1) is 11.3 Å². The van der Waals surface area contributed by atoms with Crippen LogP contribution in [0.5, 0.6) is 5.75 Å². The zero-order chi connectivity index (χ0) is 12.1. The lowest BCUT2D eigenvalue weighted by Gasteiger charge is -1.99. The van der Waals surface area contributed by atoms with Crippen LogP contribution in [-0.2, 0) is 0 Å².